The van der Waals surface area contributed by atoms with Crippen LogP contribution in [0.1, 0.15) is 32.1 Å². The van der Waals surface area contributed by atoms with Crippen molar-refractivity contribution >= 4 is 28.1 Å². The number of carboxylic acid groups (broad SMARTS) is 1. The minimum Gasteiger partial charge on any atom is -0.480 e. The summed E-state index contributed by atoms with van der Waals surface area (Å²) in [5.74, 6) is -1.98. The van der Waals surface area contributed by atoms with Gasteiger partial charge in [-0.1, -0.05) is 6.42 Å². The molecule has 9 heteroatoms. The Morgan fingerprint density at radius 2 is 2.00 bits per heavy atom. The summed E-state index contributed by atoms with van der Waals surface area (Å²) in [7, 11) is -3.73. The molecule has 0 aromatic rings. The van der Waals surface area contributed by atoms with E-state index in [0.717, 1.165) is 12.6 Å². The van der Waals surface area contributed by atoms with Crippen LogP contribution < -0.4 is 11.5 Å². The Morgan fingerprint density at radius 1 is 1.40 bits per heavy atom. The zero-order valence-corrected chi connectivity index (χ0v) is 11.8. The van der Waals surface area contributed by atoms with Gasteiger partial charge in [-0.3, -0.25) is 9.59 Å². The summed E-state index contributed by atoms with van der Waals surface area (Å²) in [6.45, 7) is 0. The second-order valence-corrected chi connectivity index (χ2v) is 6.79. The third kappa shape index (κ3) is 4.27. The fourth-order valence-electron chi connectivity index (χ4n) is 1.97. The molecule has 114 valence electrons. The first kappa shape index (κ1) is 16.6. The van der Waals surface area contributed by atoms with Crippen LogP contribution >= 0.6 is 0 Å². The zero-order valence-electron chi connectivity index (χ0n) is 11.0. The van der Waals surface area contributed by atoms with Gasteiger partial charge < -0.3 is 16.6 Å². The van der Waals surface area contributed by atoms with E-state index in [1.54, 1.807) is 0 Å². The van der Waals surface area contributed by atoms with Gasteiger partial charge in [0.15, 0.2) is 0 Å². The fourth-order valence-corrected chi connectivity index (χ4v) is 3.04. The number of nitrogens with zero attached hydrogens (tertiary/aromatic N) is 1. The number of nitrogens with two attached hydrogens (primary N) is 2. The van der Waals surface area contributed by atoms with Crippen molar-refractivity contribution in [3.8, 4) is 0 Å². The normalized spacial score (nSPS) is 19.4. The molecule has 0 spiro atoms. The first-order chi connectivity index (χ1) is 9.18. The second kappa shape index (κ2) is 6.31. The van der Waals surface area contributed by atoms with Crippen molar-refractivity contribution in [1.82, 2.24) is 0 Å². The molecule has 0 bridgehead atoms. The molecule has 8 nitrogen and oxygen atoms in total. The van der Waals surface area contributed by atoms with E-state index >= 15 is 0 Å². The lowest BCUT2D eigenvalue weighted by Gasteiger charge is -2.38. The minimum atomic E-state index is -3.73. The van der Waals surface area contributed by atoms with Crippen LogP contribution in [0.2, 0.25) is 0 Å². The average Bonchev–Trinajstić information content (AvgIpc) is 2.26. The number of sulfonamides is 1. The highest BCUT2D eigenvalue weighted by atomic mass is 32.2. The lowest BCUT2D eigenvalue weighted by Crippen LogP contribution is -2.43. The summed E-state index contributed by atoms with van der Waals surface area (Å²) in [5, 5.41) is 8.53. The highest BCUT2D eigenvalue weighted by Gasteiger charge is 2.42. The standard InChI is InChI=1S/C11H19N3O5S/c12-8(9(15)16)2-6-14-20(18,19)7-5-11(10(13)17)3-1-4-11/h6,8H,1-5,7,12H2,(H2,13,17)(H,15,16)/t8-/m0/s1. The smallest absolute Gasteiger partial charge is 0.320 e. The van der Waals surface area contributed by atoms with Crippen LogP contribution in [0.5, 0.6) is 0 Å². The number of amides is 1. The molecule has 0 aliphatic heterocycles. The van der Waals surface area contributed by atoms with E-state index in [-0.39, 0.29) is 18.6 Å². The SMILES string of the molecule is NC(=O)C1(CCS(=O)(=O)N=CC[C@H](N)C(=O)O)CCC1. The maximum Gasteiger partial charge on any atom is 0.320 e. The number of primary amides is 1. The summed E-state index contributed by atoms with van der Waals surface area (Å²) in [4.78, 5) is 21.8. The van der Waals surface area contributed by atoms with Crippen molar-refractivity contribution in [1.29, 1.82) is 0 Å². The van der Waals surface area contributed by atoms with Crippen LogP contribution in [0.25, 0.3) is 0 Å². The van der Waals surface area contributed by atoms with Crippen LogP contribution in [-0.2, 0) is 19.6 Å². The van der Waals surface area contributed by atoms with E-state index in [1.165, 1.54) is 0 Å². The molecule has 0 unspecified atom stereocenters. The van der Waals surface area contributed by atoms with E-state index in [0.29, 0.717) is 12.8 Å². The van der Waals surface area contributed by atoms with E-state index < -0.39 is 33.4 Å². The van der Waals surface area contributed by atoms with E-state index in [1.807, 2.05) is 0 Å². The molecule has 0 aromatic heterocycles. The molecule has 0 saturated heterocycles. The van der Waals surface area contributed by atoms with Crippen molar-refractivity contribution < 1.29 is 23.1 Å². The van der Waals surface area contributed by atoms with Gasteiger partial charge in [0.25, 0.3) is 10.0 Å². The number of hydrogen-bond donors (Lipinski definition) is 3. The maximum absolute atomic E-state index is 11.7. The van der Waals surface area contributed by atoms with E-state index in [2.05, 4.69) is 4.40 Å². The number of rotatable bonds is 8. The topological polar surface area (TPSA) is 153 Å². The molecular formula is C11H19N3O5S. The Labute approximate surface area is 117 Å². The Morgan fingerprint density at radius 3 is 2.40 bits per heavy atom. The number of hydrogen-bond acceptors (Lipinski definition) is 5. The molecule has 1 fully saturated rings. The maximum atomic E-state index is 11.7. The Bertz CT molecular complexity index is 510. The molecule has 0 radical (unpaired) electrons. The number of carbonyl (C=O) groups excluding carboxylic acids is 1. The lowest BCUT2D eigenvalue weighted by molar-refractivity contribution is -0.138. The van der Waals surface area contributed by atoms with Crippen LogP contribution in [0.4, 0.5) is 0 Å². The molecule has 5 N–H and O–H groups in total. The third-order valence-electron chi connectivity index (χ3n) is 3.58. The molecule has 1 aliphatic rings. The fraction of sp³-hybridized carbons (Fsp3) is 0.727. The summed E-state index contributed by atoms with van der Waals surface area (Å²) >= 11 is 0. The van der Waals surface area contributed by atoms with Gasteiger partial charge in [0.1, 0.15) is 6.04 Å². The number of aliphatic carboxylic acids is 1. The van der Waals surface area contributed by atoms with Gasteiger partial charge in [0, 0.05) is 18.1 Å². The van der Waals surface area contributed by atoms with E-state index in [9.17, 15) is 18.0 Å². The Kier molecular flexibility index (Phi) is 5.23. The summed E-state index contributed by atoms with van der Waals surface area (Å²) in [6.07, 6.45) is 3.02. The van der Waals surface area contributed by atoms with Crippen molar-refractivity contribution in [3.63, 3.8) is 0 Å². The highest BCUT2D eigenvalue weighted by molar-refractivity contribution is 7.90. The van der Waals surface area contributed by atoms with Crippen LogP contribution in [0.3, 0.4) is 0 Å². The lowest BCUT2D eigenvalue weighted by atomic mass is 9.66. The summed E-state index contributed by atoms with van der Waals surface area (Å²) < 4.78 is 26.7. The first-order valence-electron chi connectivity index (χ1n) is 6.23. The quantitative estimate of drug-likeness (QED) is 0.501. The number of carbonyl (C=O) groups is 2. The molecule has 0 aromatic carbocycles. The molecule has 1 atom stereocenters. The first-order valence-corrected chi connectivity index (χ1v) is 7.84. The van der Waals surface area contributed by atoms with Gasteiger partial charge in [-0.2, -0.15) is 4.40 Å². The van der Waals surface area contributed by atoms with Crippen molar-refractivity contribution in [3.05, 3.63) is 0 Å². The summed E-state index contributed by atoms with van der Waals surface area (Å²) in [6, 6.07) is -1.18. The third-order valence-corrected chi connectivity index (χ3v) is 4.77. The zero-order chi connectivity index (χ0) is 15.4. The van der Waals surface area contributed by atoms with Gasteiger partial charge in [0.2, 0.25) is 5.91 Å². The van der Waals surface area contributed by atoms with Crippen LogP contribution in [0.15, 0.2) is 4.40 Å². The molecule has 1 saturated carbocycles. The monoisotopic (exact) mass is 305 g/mol. The predicted molar refractivity (Wildman–Crippen MR) is 72.6 cm³/mol. The predicted octanol–water partition coefficient (Wildman–Crippen LogP) is -0.765. The van der Waals surface area contributed by atoms with Gasteiger partial charge in [-0.25, -0.2) is 8.42 Å². The van der Waals surface area contributed by atoms with Gasteiger partial charge in [-0.05, 0) is 19.3 Å². The molecule has 0 heterocycles. The average molecular weight is 305 g/mol. The minimum absolute atomic E-state index is 0.146. The Hall–Kier alpha value is -1.48. The van der Waals surface area contributed by atoms with Gasteiger partial charge in [-0.15, -0.1) is 0 Å². The number of carboxylic acids is 1. The molecule has 1 rings (SSSR count). The molecule has 1 aliphatic carbocycles. The van der Waals surface area contributed by atoms with Crippen molar-refractivity contribution in [2.24, 2.45) is 21.3 Å². The molecule has 20 heavy (non-hydrogen) atoms. The van der Waals surface area contributed by atoms with Crippen LogP contribution in [0, 0.1) is 5.41 Å². The largest absolute Gasteiger partial charge is 0.480 e. The summed E-state index contributed by atoms with van der Waals surface area (Å²) in [5.41, 5.74) is 9.77. The molecular weight excluding hydrogens is 286 g/mol. The molecule has 1 amide bonds. The van der Waals surface area contributed by atoms with E-state index in [4.69, 9.17) is 16.6 Å². The second-order valence-electron chi connectivity index (χ2n) is 5.00. The van der Waals surface area contributed by atoms with Crippen molar-refractivity contribution in [2.45, 2.75) is 38.1 Å². The van der Waals surface area contributed by atoms with Gasteiger partial charge >= 0.3 is 5.97 Å². The van der Waals surface area contributed by atoms with Gasteiger partial charge in [0.05, 0.1) is 5.75 Å². The highest BCUT2D eigenvalue weighted by Crippen LogP contribution is 2.43. The van der Waals surface area contributed by atoms with Crippen molar-refractivity contribution in [2.75, 3.05) is 5.75 Å². The Balaban J connectivity index is 2.52. The van der Waals surface area contributed by atoms with Crippen LogP contribution in [-0.4, -0.2) is 43.4 Å².